The maximum atomic E-state index is 12.7. The van der Waals surface area contributed by atoms with E-state index in [2.05, 4.69) is 4.99 Å². The van der Waals surface area contributed by atoms with Gasteiger partial charge in [-0.15, -0.1) is 0 Å². The highest BCUT2D eigenvalue weighted by Crippen LogP contribution is 2.33. The second kappa shape index (κ2) is 7.86. The first kappa shape index (κ1) is 20.6. The van der Waals surface area contributed by atoms with Crippen molar-refractivity contribution in [2.24, 2.45) is 4.99 Å². The van der Waals surface area contributed by atoms with Crippen LogP contribution in [0.1, 0.15) is 29.5 Å². The van der Waals surface area contributed by atoms with E-state index in [4.69, 9.17) is 4.74 Å². The van der Waals surface area contributed by atoms with Crippen LogP contribution in [-0.2, 0) is 15.7 Å². The summed E-state index contributed by atoms with van der Waals surface area (Å²) in [5, 5.41) is 11.5. The Hall–Kier alpha value is -3.69. The lowest BCUT2D eigenvalue weighted by atomic mass is 10.1. The third kappa shape index (κ3) is 4.27. The van der Waals surface area contributed by atoms with Gasteiger partial charge in [0.15, 0.2) is 5.70 Å². The predicted octanol–water partition coefficient (Wildman–Crippen LogP) is 4.56. The molecule has 0 bridgehead atoms. The third-order valence-electron chi connectivity index (χ3n) is 5.03. The van der Waals surface area contributed by atoms with Crippen molar-refractivity contribution in [2.75, 3.05) is 18.0 Å². The van der Waals surface area contributed by atoms with Crippen LogP contribution in [0.5, 0.6) is 0 Å². The fraction of sp³-hybridized carbons (Fsp3) is 0.238. The van der Waals surface area contributed by atoms with Crippen molar-refractivity contribution in [2.45, 2.75) is 19.0 Å². The second-order valence-corrected chi connectivity index (χ2v) is 7.11. The average Bonchev–Trinajstić information content (AvgIpc) is 3.38. The fourth-order valence-corrected chi connectivity index (χ4v) is 3.49. The molecule has 2 aromatic carbocycles. The van der Waals surface area contributed by atoms with Gasteiger partial charge in [0.2, 0.25) is 5.90 Å². The van der Waals surface area contributed by atoms with Gasteiger partial charge in [-0.1, -0.05) is 6.07 Å². The summed E-state index contributed by atoms with van der Waals surface area (Å²) in [4.78, 5) is 29.2. The topological polar surface area (TPSA) is 85.0 Å². The number of carbonyl (C=O) groups excluding carboxylic acids is 1. The normalized spacial score (nSPS) is 17.8. The molecular formula is C21H16F3N3O4. The molecule has 10 heteroatoms. The van der Waals surface area contributed by atoms with Crippen LogP contribution in [0.3, 0.4) is 0 Å². The minimum atomic E-state index is -4.48. The number of rotatable bonds is 4. The van der Waals surface area contributed by atoms with Crippen LogP contribution in [0, 0.1) is 10.1 Å². The molecule has 0 atom stereocenters. The molecule has 2 aromatic rings. The Morgan fingerprint density at radius 3 is 2.39 bits per heavy atom. The van der Waals surface area contributed by atoms with E-state index in [9.17, 15) is 28.1 Å². The highest BCUT2D eigenvalue weighted by Gasteiger charge is 2.31. The number of nitrogens with zero attached hydrogens (tertiary/aromatic N) is 3. The Morgan fingerprint density at radius 2 is 1.77 bits per heavy atom. The molecule has 2 aliphatic rings. The number of hydrogen-bond donors (Lipinski definition) is 0. The minimum Gasteiger partial charge on any atom is -0.402 e. The lowest BCUT2D eigenvalue weighted by molar-refractivity contribution is -0.384. The zero-order chi connectivity index (χ0) is 22.2. The molecule has 160 valence electrons. The molecule has 0 aliphatic carbocycles. The van der Waals surface area contributed by atoms with Crippen LogP contribution >= 0.6 is 0 Å². The smallest absolute Gasteiger partial charge is 0.402 e. The number of nitro groups is 1. The monoisotopic (exact) mass is 431 g/mol. The summed E-state index contributed by atoms with van der Waals surface area (Å²) in [5.74, 6) is -0.922. The van der Waals surface area contributed by atoms with Crippen molar-refractivity contribution in [1.29, 1.82) is 0 Å². The van der Waals surface area contributed by atoms with Crippen LogP contribution < -0.4 is 4.90 Å². The number of hydrogen-bond acceptors (Lipinski definition) is 6. The van der Waals surface area contributed by atoms with E-state index in [0.717, 1.165) is 50.2 Å². The molecule has 2 aliphatic heterocycles. The van der Waals surface area contributed by atoms with Crippen molar-refractivity contribution < 1.29 is 27.6 Å². The summed E-state index contributed by atoms with van der Waals surface area (Å²) >= 11 is 0. The molecule has 0 aromatic heterocycles. The third-order valence-corrected chi connectivity index (χ3v) is 5.03. The first-order chi connectivity index (χ1) is 14.7. The fourth-order valence-electron chi connectivity index (χ4n) is 3.49. The standard InChI is InChI=1S/C21H16F3N3O4/c22-21(23,24)15-6-4-14(5-7-15)19-25-16(20(28)31-19)11-13-3-8-17(18(12-13)27(29)30)26-9-1-2-10-26/h3-8,11-12H,1-2,9-10H2. The largest absolute Gasteiger partial charge is 0.416 e. The summed E-state index contributed by atoms with van der Waals surface area (Å²) in [6.45, 7) is 1.49. The Balaban J connectivity index is 1.62. The Kier molecular flexibility index (Phi) is 5.22. The maximum absolute atomic E-state index is 12.7. The van der Waals surface area contributed by atoms with Gasteiger partial charge in [-0.05, 0) is 54.8 Å². The van der Waals surface area contributed by atoms with E-state index in [-0.39, 0.29) is 22.8 Å². The van der Waals surface area contributed by atoms with Gasteiger partial charge < -0.3 is 9.64 Å². The number of esters is 1. The van der Waals surface area contributed by atoms with Crippen LogP contribution in [-0.4, -0.2) is 29.9 Å². The Morgan fingerprint density at radius 1 is 1.10 bits per heavy atom. The molecule has 0 N–H and O–H groups in total. The molecular weight excluding hydrogens is 415 g/mol. The van der Waals surface area contributed by atoms with Gasteiger partial charge in [0.25, 0.3) is 5.69 Å². The Bertz CT molecular complexity index is 1100. The number of cyclic esters (lactones) is 1. The highest BCUT2D eigenvalue weighted by molar-refractivity contribution is 6.12. The van der Waals surface area contributed by atoms with Crippen molar-refractivity contribution in [3.63, 3.8) is 0 Å². The quantitative estimate of drug-likeness (QED) is 0.307. The molecule has 7 nitrogen and oxygen atoms in total. The van der Waals surface area contributed by atoms with Gasteiger partial charge in [0, 0.05) is 24.7 Å². The second-order valence-electron chi connectivity index (χ2n) is 7.11. The molecule has 31 heavy (non-hydrogen) atoms. The van der Waals surface area contributed by atoms with Gasteiger partial charge in [0.1, 0.15) is 5.69 Å². The number of alkyl halides is 3. The van der Waals surface area contributed by atoms with Crippen molar-refractivity contribution >= 4 is 29.3 Å². The zero-order valence-corrected chi connectivity index (χ0v) is 16.1. The van der Waals surface area contributed by atoms with Crippen molar-refractivity contribution in [1.82, 2.24) is 0 Å². The molecule has 1 fully saturated rings. The molecule has 0 unspecified atom stereocenters. The molecule has 0 saturated carbocycles. The number of halogens is 3. The summed E-state index contributed by atoms with van der Waals surface area (Å²) < 4.78 is 43.2. The van der Waals surface area contributed by atoms with Crippen LogP contribution in [0.25, 0.3) is 6.08 Å². The lowest BCUT2D eigenvalue weighted by Gasteiger charge is -2.17. The Labute approximate surface area is 174 Å². The van der Waals surface area contributed by atoms with E-state index in [1.165, 1.54) is 12.1 Å². The molecule has 2 heterocycles. The number of benzene rings is 2. The van der Waals surface area contributed by atoms with Gasteiger partial charge in [-0.25, -0.2) is 9.79 Å². The number of ether oxygens (including phenoxy) is 1. The summed E-state index contributed by atoms with van der Waals surface area (Å²) in [5.41, 5.74) is 0.113. The highest BCUT2D eigenvalue weighted by atomic mass is 19.4. The first-order valence-corrected chi connectivity index (χ1v) is 9.46. The van der Waals surface area contributed by atoms with Crippen LogP contribution in [0.2, 0.25) is 0 Å². The van der Waals surface area contributed by atoms with E-state index in [1.54, 1.807) is 12.1 Å². The minimum absolute atomic E-state index is 0.0745. The van der Waals surface area contributed by atoms with Gasteiger partial charge in [-0.3, -0.25) is 10.1 Å². The molecule has 1 saturated heterocycles. The lowest BCUT2D eigenvalue weighted by Crippen LogP contribution is -2.18. The number of carbonyl (C=O) groups is 1. The summed E-state index contributed by atoms with van der Waals surface area (Å²) in [6.07, 6.45) is -1.19. The average molecular weight is 431 g/mol. The SMILES string of the molecule is O=C1OC(c2ccc(C(F)(F)F)cc2)=NC1=Cc1ccc(N2CCCC2)c([N+](=O)[O-])c1. The van der Waals surface area contributed by atoms with Gasteiger partial charge >= 0.3 is 12.1 Å². The van der Waals surface area contributed by atoms with E-state index in [1.807, 2.05) is 4.90 Å². The molecule has 0 radical (unpaired) electrons. The molecule has 0 amide bonds. The predicted molar refractivity (Wildman–Crippen MR) is 107 cm³/mol. The number of anilines is 1. The van der Waals surface area contributed by atoms with Crippen molar-refractivity contribution in [3.8, 4) is 0 Å². The van der Waals surface area contributed by atoms with Crippen LogP contribution in [0.15, 0.2) is 53.2 Å². The van der Waals surface area contributed by atoms with E-state index in [0.29, 0.717) is 11.3 Å². The first-order valence-electron chi connectivity index (χ1n) is 9.46. The zero-order valence-electron chi connectivity index (χ0n) is 16.1. The van der Waals surface area contributed by atoms with Gasteiger partial charge in [0.05, 0.1) is 10.5 Å². The maximum Gasteiger partial charge on any atom is 0.416 e. The van der Waals surface area contributed by atoms with Gasteiger partial charge in [-0.2, -0.15) is 13.2 Å². The number of aliphatic imine (C=N–C) groups is 1. The summed E-state index contributed by atoms with van der Waals surface area (Å²) in [7, 11) is 0. The molecule has 4 rings (SSSR count). The summed E-state index contributed by atoms with van der Waals surface area (Å²) in [6, 6.07) is 8.70. The molecule has 0 spiro atoms. The van der Waals surface area contributed by atoms with Crippen molar-refractivity contribution in [3.05, 3.63) is 75.0 Å². The van der Waals surface area contributed by atoms with Crippen LogP contribution in [0.4, 0.5) is 24.5 Å². The number of nitro benzene ring substituents is 1. The van der Waals surface area contributed by atoms with E-state index >= 15 is 0 Å². The van der Waals surface area contributed by atoms with E-state index < -0.39 is 22.6 Å².